The maximum absolute atomic E-state index is 12.3. The number of hydrogen-bond donors (Lipinski definition) is 4. The van der Waals surface area contributed by atoms with Gasteiger partial charge in [-0.2, -0.15) is 0 Å². The van der Waals surface area contributed by atoms with E-state index in [1.165, 1.54) is 0 Å². The predicted molar refractivity (Wildman–Crippen MR) is 108 cm³/mol. The Hall–Kier alpha value is -2.20. The van der Waals surface area contributed by atoms with Gasteiger partial charge in [-0.25, -0.2) is 0 Å². The van der Waals surface area contributed by atoms with Gasteiger partial charge in [0.15, 0.2) is 0 Å². The highest BCUT2D eigenvalue weighted by atomic mass is 16.7. The number of carbonyl (C=O) groups is 2. The van der Waals surface area contributed by atoms with Crippen LogP contribution in [0.5, 0.6) is 5.75 Å². The van der Waals surface area contributed by atoms with Gasteiger partial charge in [0, 0.05) is 6.42 Å². The van der Waals surface area contributed by atoms with Crippen LogP contribution in [0.1, 0.15) is 39.7 Å². The summed E-state index contributed by atoms with van der Waals surface area (Å²) in [5.74, 6) is -0.480. The third-order valence-corrected chi connectivity index (χ3v) is 4.46. The number of ether oxygens (including phenoxy) is 3. The summed E-state index contributed by atoms with van der Waals surface area (Å²) in [5.41, 5.74) is 0.951. The zero-order chi connectivity index (χ0) is 22.4. The first kappa shape index (κ1) is 24.1. The smallest absolute Gasteiger partial charge is 0.308 e. The Balaban J connectivity index is 2.20. The van der Waals surface area contributed by atoms with E-state index in [0.29, 0.717) is 17.7 Å². The maximum Gasteiger partial charge on any atom is 0.308 e. The van der Waals surface area contributed by atoms with Crippen LogP contribution in [-0.4, -0.2) is 58.4 Å². The molecule has 168 valence electrons. The van der Waals surface area contributed by atoms with Crippen molar-refractivity contribution in [3.05, 3.63) is 23.8 Å². The molecule has 1 aliphatic heterocycles. The van der Waals surface area contributed by atoms with Crippen molar-refractivity contribution in [2.45, 2.75) is 65.3 Å². The van der Waals surface area contributed by atoms with Crippen molar-refractivity contribution >= 4 is 17.6 Å². The van der Waals surface area contributed by atoms with E-state index >= 15 is 0 Å². The lowest BCUT2D eigenvalue weighted by Crippen LogP contribution is -2.54. The maximum atomic E-state index is 12.3. The van der Waals surface area contributed by atoms with Gasteiger partial charge in [-0.1, -0.05) is 33.8 Å². The average molecular weight is 425 g/mol. The third kappa shape index (κ3) is 6.66. The number of hydrogen-bond acceptors (Lipinski definition) is 8. The molecule has 1 aromatic carbocycles. The van der Waals surface area contributed by atoms with E-state index in [2.05, 4.69) is 5.32 Å². The topological polar surface area (TPSA) is 135 Å². The second kappa shape index (κ2) is 10.7. The normalized spacial score (nSPS) is 24.0. The monoisotopic (exact) mass is 425 g/mol. The molecule has 0 bridgehead atoms. The molecule has 1 amide bonds. The Morgan fingerprint density at radius 2 is 1.87 bits per heavy atom. The number of rotatable bonds is 8. The van der Waals surface area contributed by atoms with Crippen LogP contribution in [0.4, 0.5) is 5.69 Å². The van der Waals surface area contributed by atoms with Crippen LogP contribution < -0.4 is 10.1 Å². The van der Waals surface area contributed by atoms with Gasteiger partial charge in [0.25, 0.3) is 0 Å². The van der Waals surface area contributed by atoms with Crippen molar-refractivity contribution in [2.75, 3.05) is 11.9 Å². The molecule has 30 heavy (non-hydrogen) atoms. The van der Waals surface area contributed by atoms with Gasteiger partial charge in [0.05, 0.1) is 18.2 Å². The SMILES string of the molecule is CC(C)CC(=O)Nc1cc(COC(=O)C(C)C)ccc1OC1OC[C@H](O)[C@@H](O)[C@@H]1O. The van der Waals surface area contributed by atoms with E-state index in [1.54, 1.807) is 32.0 Å². The molecular formula is C21H31NO8. The zero-order valence-electron chi connectivity index (χ0n) is 17.7. The van der Waals surface area contributed by atoms with E-state index < -0.39 is 24.6 Å². The molecule has 2 rings (SSSR count). The van der Waals surface area contributed by atoms with Crippen molar-refractivity contribution in [1.82, 2.24) is 0 Å². The molecule has 9 heteroatoms. The summed E-state index contributed by atoms with van der Waals surface area (Å²) in [4.78, 5) is 24.0. The van der Waals surface area contributed by atoms with Crippen LogP contribution in [0.2, 0.25) is 0 Å². The van der Waals surface area contributed by atoms with Gasteiger partial charge in [0.2, 0.25) is 12.2 Å². The van der Waals surface area contributed by atoms with Crippen molar-refractivity contribution < 1.29 is 39.1 Å². The molecule has 0 radical (unpaired) electrons. The molecule has 0 aromatic heterocycles. The quantitative estimate of drug-likeness (QED) is 0.456. The number of aliphatic hydroxyl groups excluding tert-OH is 3. The van der Waals surface area contributed by atoms with Gasteiger partial charge in [-0.05, 0) is 23.6 Å². The van der Waals surface area contributed by atoms with Crippen molar-refractivity contribution in [2.24, 2.45) is 11.8 Å². The van der Waals surface area contributed by atoms with Crippen LogP contribution in [0.25, 0.3) is 0 Å². The van der Waals surface area contributed by atoms with E-state index in [1.807, 2.05) is 13.8 Å². The number of benzene rings is 1. The largest absolute Gasteiger partial charge is 0.461 e. The minimum Gasteiger partial charge on any atom is -0.461 e. The highest BCUT2D eigenvalue weighted by molar-refractivity contribution is 5.92. The molecule has 1 aliphatic rings. The van der Waals surface area contributed by atoms with Crippen molar-refractivity contribution in [3.63, 3.8) is 0 Å². The van der Waals surface area contributed by atoms with Crippen LogP contribution in [-0.2, 0) is 25.7 Å². The van der Waals surface area contributed by atoms with E-state index in [0.717, 1.165) is 0 Å². The molecule has 4 atom stereocenters. The first-order valence-corrected chi connectivity index (χ1v) is 10.00. The number of anilines is 1. The standard InChI is InChI=1S/C21H31NO8/c1-11(2)7-17(24)22-14-8-13(9-28-20(27)12(3)4)5-6-16(14)30-21-19(26)18(25)15(23)10-29-21/h5-6,8,11-12,15,18-19,21,23,25-26H,7,9-10H2,1-4H3,(H,22,24)/t15-,18+,19-,21?/m0/s1. The molecule has 0 saturated carbocycles. The van der Waals surface area contributed by atoms with Crippen LogP contribution in [0.3, 0.4) is 0 Å². The van der Waals surface area contributed by atoms with Crippen molar-refractivity contribution in [3.8, 4) is 5.75 Å². The number of esters is 1. The molecule has 1 unspecified atom stereocenters. The fraction of sp³-hybridized carbons (Fsp3) is 0.619. The Morgan fingerprint density at radius 1 is 1.17 bits per heavy atom. The molecule has 1 heterocycles. The summed E-state index contributed by atoms with van der Waals surface area (Å²) in [6.45, 7) is 7.11. The molecule has 0 aliphatic carbocycles. The third-order valence-electron chi connectivity index (χ3n) is 4.46. The molecule has 0 spiro atoms. The van der Waals surface area contributed by atoms with Crippen LogP contribution in [0, 0.1) is 11.8 Å². The van der Waals surface area contributed by atoms with Gasteiger partial charge >= 0.3 is 5.97 Å². The molecule has 1 fully saturated rings. The summed E-state index contributed by atoms with van der Waals surface area (Å²) in [7, 11) is 0. The summed E-state index contributed by atoms with van der Waals surface area (Å²) < 4.78 is 16.2. The Kier molecular flexibility index (Phi) is 8.60. The lowest BCUT2D eigenvalue weighted by Gasteiger charge is -2.35. The first-order valence-electron chi connectivity index (χ1n) is 10.00. The van der Waals surface area contributed by atoms with E-state index in [9.17, 15) is 24.9 Å². The minimum atomic E-state index is -1.47. The molecule has 1 aromatic rings. The Morgan fingerprint density at radius 3 is 2.50 bits per heavy atom. The van der Waals surface area contributed by atoms with E-state index in [-0.39, 0.29) is 42.7 Å². The summed E-state index contributed by atoms with van der Waals surface area (Å²) in [6, 6.07) is 4.82. The molecular weight excluding hydrogens is 394 g/mol. The highest BCUT2D eigenvalue weighted by Gasteiger charge is 2.39. The molecule has 4 N–H and O–H groups in total. The minimum absolute atomic E-state index is 0.0256. The number of carbonyl (C=O) groups excluding carboxylic acids is 2. The van der Waals surface area contributed by atoms with Crippen molar-refractivity contribution in [1.29, 1.82) is 0 Å². The summed E-state index contributed by atoms with van der Waals surface area (Å²) in [5, 5.41) is 32.3. The Bertz CT molecular complexity index is 736. The fourth-order valence-electron chi connectivity index (χ4n) is 2.77. The predicted octanol–water partition coefficient (Wildman–Crippen LogP) is 1.19. The van der Waals surface area contributed by atoms with Gasteiger partial charge in [-0.3, -0.25) is 9.59 Å². The van der Waals surface area contributed by atoms with Gasteiger partial charge < -0.3 is 34.8 Å². The van der Waals surface area contributed by atoms with Gasteiger partial charge in [0.1, 0.15) is 30.7 Å². The number of nitrogens with one attached hydrogen (secondary N) is 1. The average Bonchev–Trinajstić information content (AvgIpc) is 2.67. The number of aliphatic hydroxyl groups is 3. The van der Waals surface area contributed by atoms with Crippen LogP contribution in [0.15, 0.2) is 18.2 Å². The first-order chi connectivity index (χ1) is 14.1. The highest BCUT2D eigenvalue weighted by Crippen LogP contribution is 2.30. The zero-order valence-corrected chi connectivity index (χ0v) is 17.7. The summed E-state index contributed by atoms with van der Waals surface area (Å²) >= 11 is 0. The fourth-order valence-corrected chi connectivity index (χ4v) is 2.77. The lowest BCUT2D eigenvalue weighted by molar-refractivity contribution is -0.241. The second-order valence-corrected chi connectivity index (χ2v) is 8.11. The summed E-state index contributed by atoms with van der Waals surface area (Å²) in [6.07, 6.45) is -5.05. The van der Waals surface area contributed by atoms with Gasteiger partial charge in [-0.15, -0.1) is 0 Å². The molecule has 9 nitrogen and oxygen atoms in total. The lowest BCUT2D eigenvalue weighted by atomic mass is 10.1. The van der Waals surface area contributed by atoms with E-state index in [4.69, 9.17) is 14.2 Å². The number of amides is 1. The Labute approximate surface area is 175 Å². The molecule has 1 saturated heterocycles. The van der Waals surface area contributed by atoms with Crippen LogP contribution >= 0.6 is 0 Å². The second-order valence-electron chi connectivity index (χ2n) is 8.11.